The molecule has 0 aliphatic heterocycles. The van der Waals surface area contributed by atoms with Gasteiger partial charge in [0.05, 0.1) is 5.52 Å². The van der Waals surface area contributed by atoms with E-state index in [0.29, 0.717) is 12.8 Å². The topological polar surface area (TPSA) is 91.6 Å². The molecule has 0 bridgehead atoms. The van der Waals surface area contributed by atoms with Crippen molar-refractivity contribution in [3.63, 3.8) is 0 Å². The lowest BCUT2D eigenvalue weighted by Crippen LogP contribution is -2.37. The maximum atomic E-state index is 14.2. The van der Waals surface area contributed by atoms with Gasteiger partial charge in [0.25, 0.3) is 5.91 Å². The fourth-order valence-corrected chi connectivity index (χ4v) is 4.35. The van der Waals surface area contributed by atoms with Crippen LogP contribution in [0.2, 0.25) is 0 Å². The summed E-state index contributed by atoms with van der Waals surface area (Å²) in [7, 11) is 0. The van der Waals surface area contributed by atoms with E-state index in [0.717, 1.165) is 47.4 Å². The lowest BCUT2D eigenvalue weighted by Gasteiger charge is -2.35. The number of aromatic hydroxyl groups is 1. The maximum Gasteiger partial charge on any atom is 0.573 e. The van der Waals surface area contributed by atoms with Gasteiger partial charge in [-0.1, -0.05) is 6.42 Å². The molecular formula is C23H18F4NO5-. The number of benzene rings is 2. The second-order valence-corrected chi connectivity index (χ2v) is 8.02. The Morgan fingerprint density at radius 2 is 1.82 bits per heavy atom. The van der Waals surface area contributed by atoms with E-state index in [4.69, 9.17) is 0 Å². The number of alkyl halides is 3. The van der Waals surface area contributed by atoms with Gasteiger partial charge in [0.15, 0.2) is 11.6 Å². The summed E-state index contributed by atoms with van der Waals surface area (Å²) in [5.41, 5.74) is 0.467. The number of phenols is 1. The van der Waals surface area contributed by atoms with Crippen LogP contribution < -0.4 is 9.84 Å². The van der Waals surface area contributed by atoms with Crippen molar-refractivity contribution < 1.29 is 42.1 Å². The second-order valence-electron chi connectivity index (χ2n) is 8.02. The van der Waals surface area contributed by atoms with Crippen LogP contribution in [-0.2, 0) is 4.79 Å². The molecule has 6 nitrogen and oxygen atoms in total. The maximum absolute atomic E-state index is 14.2. The molecule has 1 saturated carbocycles. The van der Waals surface area contributed by atoms with Crippen LogP contribution in [0.1, 0.15) is 46.8 Å². The van der Waals surface area contributed by atoms with E-state index in [9.17, 15) is 37.4 Å². The monoisotopic (exact) mass is 464 g/mol. The highest BCUT2D eigenvalue weighted by Crippen LogP contribution is 2.44. The number of carbonyl (C=O) groups excluding carboxylic acids is 2. The van der Waals surface area contributed by atoms with E-state index < -0.39 is 41.5 Å². The molecule has 2 aromatic carbocycles. The van der Waals surface area contributed by atoms with E-state index in [1.54, 1.807) is 0 Å². The molecular weight excluding hydrogens is 446 g/mol. The molecule has 0 spiro atoms. The van der Waals surface area contributed by atoms with Crippen LogP contribution in [0.3, 0.4) is 0 Å². The Hall–Kier alpha value is -3.56. The number of carbonyl (C=O) groups is 2. The highest BCUT2D eigenvalue weighted by atomic mass is 19.4. The van der Waals surface area contributed by atoms with E-state index in [2.05, 4.69) is 4.74 Å². The van der Waals surface area contributed by atoms with Crippen molar-refractivity contribution in [2.24, 2.45) is 5.92 Å². The minimum Gasteiger partial charge on any atom is -0.549 e. The van der Waals surface area contributed by atoms with Gasteiger partial charge in [-0.2, -0.15) is 0 Å². The summed E-state index contributed by atoms with van der Waals surface area (Å²) in [6, 6.07) is 6.17. The van der Waals surface area contributed by atoms with Crippen molar-refractivity contribution in [3.05, 3.63) is 59.0 Å². The molecule has 0 radical (unpaired) electrons. The Balaban J connectivity index is 1.85. The minimum absolute atomic E-state index is 0.0294. The number of phenolic OH excluding ortho intramolecular Hbond substituents is 1. The predicted octanol–water partition coefficient (Wildman–Crippen LogP) is 4.02. The van der Waals surface area contributed by atoms with Gasteiger partial charge < -0.3 is 19.7 Å². The molecule has 3 aromatic rings. The van der Waals surface area contributed by atoms with Crippen molar-refractivity contribution in [3.8, 4) is 11.5 Å². The average molecular weight is 464 g/mol. The number of rotatable bonds is 5. The summed E-state index contributed by atoms with van der Waals surface area (Å²) in [5, 5.41) is 22.1. The van der Waals surface area contributed by atoms with Crippen molar-refractivity contribution in [2.75, 3.05) is 0 Å². The summed E-state index contributed by atoms with van der Waals surface area (Å²) >= 11 is 0. The fraction of sp³-hybridized carbons (Fsp3) is 0.304. The molecule has 1 unspecified atom stereocenters. The van der Waals surface area contributed by atoms with Gasteiger partial charge in [-0.3, -0.25) is 9.36 Å². The van der Waals surface area contributed by atoms with Gasteiger partial charge in [0.1, 0.15) is 5.75 Å². The van der Waals surface area contributed by atoms with Crippen molar-refractivity contribution in [2.45, 2.75) is 38.5 Å². The number of halogens is 4. The summed E-state index contributed by atoms with van der Waals surface area (Å²) in [6.45, 7) is 1.50. The number of carboxylic acids is 1. The zero-order valence-corrected chi connectivity index (χ0v) is 17.3. The Labute approximate surface area is 185 Å². The molecule has 0 saturated heterocycles. The third-order valence-corrected chi connectivity index (χ3v) is 6.05. The van der Waals surface area contributed by atoms with Crippen LogP contribution in [0.5, 0.6) is 11.5 Å². The molecule has 1 aliphatic rings. The molecule has 4 rings (SSSR count). The normalized spacial score (nSPS) is 15.3. The molecule has 1 fully saturated rings. The van der Waals surface area contributed by atoms with E-state index in [1.165, 1.54) is 6.92 Å². The Kier molecular flexibility index (Phi) is 5.55. The molecule has 1 N–H and O–H groups in total. The average Bonchev–Trinajstić information content (AvgIpc) is 2.94. The quantitative estimate of drug-likeness (QED) is 0.576. The van der Waals surface area contributed by atoms with Crippen molar-refractivity contribution in [1.29, 1.82) is 0 Å². The first-order valence-electron chi connectivity index (χ1n) is 10.1. The summed E-state index contributed by atoms with van der Waals surface area (Å²) in [6.07, 6.45) is -2.76. The molecule has 1 aromatic heterocycles. The summed E-state index contributed by atoms with van der Waals surface area (Å²) < 4.78 is 56.3. The molecule has 10 heteroatoms. The standard InChI is InChI=1S/C23H19F4NO5/c1-11-19(20(22(31)32)12-3-2-4-12)15-9-18(29)16(24)10-17(15)28(11)21(30)13-5-7-14(8-6-13)33-23(25,26)27/h5-10,12,20,29H,2-4H2,1H3,(H,31,32)/p-1. The number of aliphatic carboxylic acids is 1. The van der Waals surface area contributed by atoms with Crippen molar-refractivity contribution >= 4 is 22.8 Å². The smallest absolute Gasteiger partial charge is 0.549 e. The predicted molar refractivity (Wildman–Crippen MR) is 106 cm³/mol. The molecule has 0 amide bonds. The summed E-state index contributed by atoms with van der Waals surface area (Å²) in [5.74, 6) is -5.58. The van der Waals surface area contributed by atoms with Crippen molar-refractivity contribution in [1.82, 2.24) is 4.57 Å². The number of hydrogen-bond donors (Lipinski definition) is 1. The number of hydrogen-bond acceptors (Lipinski definition) is 5. The molecule has 33 heavy (non-hydrogen) atoms. The third-order valence-electron chi connectivity index (χ3n) is 6.05. The number of nitrogens with zero attached hydrogens (tertiary/aromatic N) is 1. The lowest BCUT2D eigenvalue weighted by atomic mass is 9.72. The molecule has 1 aliphatic carbocycles. The zero-order chi connectivity index (χ0) is 24.1. The van der Waals surface area contributed by atoms with Gasteiger partial charge in [-0.15, -0.1) is 13.2 Å². The fourth-order valence-electron chi connectivity index (χ4n) is 4.35. The largest absolute Gasteiger partial charge is 0.573 e. The Bertz CT molecular complexity index is 1240. The SMILES string of the molecule is Cc1c(C(C(=O)[O-])C2CCC2)c2cc(O)c(F)cc2n1C(=O)c1ccc(OC(F)(F)F)cc1. The Morgan fingerprint density at radius 1 is 1.18 bits per heavy atom. The first-order chi connectivity index (χ1) is 15.5. The van der Waals surface area contributed by atoms with Crippen LogP contribution in [0.25, 0.3) is 10.9 Å². The number of aromatic nitrogens is 1. The molecule has 1 atom stereocenters. The highest BCUT2D eigenvalue weighted by molar-refractivity contribution is 6.05. The lowest BCUT2D eigenvalue weighted by molar-refractivity contribution is -0.310. The zero-order valence-electron chi connectivity index (χ0n) is 17.3. The van der Waals surface area contributed by atoms with Gasteiger partial charge in [0, 0.05) is 34.6 Å². The number of ether oxygens (including phenoxy) is 1. The third kappa shape index (κ3) is 4.12. The highest BCUT2D eigenvalue weighted by Gasteiger charge is 2.35. The van der Waals surface area contributed by atoms with Gasteiger partial charge >= 0.3 is 6.36 Å². The van der Waals surface area contributed by atoms with E-state index >= 15 is 0 Å². The Morgan fingerprint density at radius 3 is 2.33 bits per heavy atom. The van der Waals surface area contributed by atoms with Crippen LogP contribution >= 0.6 is 0 Å². The molecule has 174 valence electrons. The van der Waals surface area contributed by atoms with Crippen LogP contribution in [0, 0.1) is 18.7 Å². The van der Waals surface area contributed by atoms with Crippen LogP contribution in [-0.4, -0.2) is 27.9 Å². The number of fused-ring (bicyclic) bond motifs is 1. The summed E-state index contributed by atoms with van der Waals surface area (Å²) in [4.78, 5) is 25.3. The van der Waals surface area contributed by atoms with Gasteiger partial charge in [-0.05, 0) is 61.6 Å². The van der Waals surface area contributed by atoms with E-state index in [-0.39, 0.29) is 33.6 Å². The van der Waals surface area contributed by atoms with Gasteiger partial charge in [-0.25, -0.2) is 4.39 Å². The minimum atomic E-state index is -4.89. The molecule has 1 heterocycles. The first kappa shape index (κ1) is 22.6. The second kappa shape index (κ2) is 8.09. The first-order valence-corrected chi connectivity index (χ1v) is 10.1. The van der Waals surface area contributed by atoms with Gasteiger partial charge in [0.2, 0.25) is 0 Å². The van der Waals surface area contributed by atoms with Crippen LogP contribution in [0.15, 0.2) is 36.4 Å². The van der Waals surface area contributed by atoms with E-state index in [1.807, 2.05) is 0 Å². The van der Waals surface area contributed by atoms with Crippen LogP contribution in [0.4, 0.5) is 17.6 Å². The number of carboxylic acid groups (broad SMARTS) is 1.